The molecule has 0 amide bonds. The Kier molecular flexibility index (Phi) is 16.7. The number of phenolic OH excluding ortho intramolecular Hbond substituents is 2. The zero-order valence-electron chi connectivity index (χ0n) is 31.1. The Hall–Kier alpha value is -3.69. The summed E-state index contributed by atoms with van der Waals surface area (Å²) in [6.45, 7) is 0. The predicted octanol–water partition coefficient (Wildman–Crippen LogP) is 6.93. The number of hydrogen-bond donors (Lipinski definition) is 7. The van der Waals surface area contributed by atoms with Crippen LogP contribution in [0.4, 0.5) is 45.5 Å². The van der Waals surface area contributed by atoms with Crippen LogP contribution in [0.15, 0.2) is 149 Å². The molecule has 0 bridgehead atoms. The SMILES string of the molecule is Nc1ccc(N=Nc2ccc(-c3ccc(N=Nc4c(S(=O)(=O)O)cc5cc(S(=O)(=O)O)c(N=Nc6ccc(S(=O)(=O)O)cc6)c(O)c5c4N)cc3)cc2)c(O)c1.[Na].[Na].[Na]. The molecule has 0 aliphatic heterocycles. The molecule has 0 saturated carbocycles. The Morgan fingerprint density at radius 1 is 0.475 bits per heavy atom. The van der Waals surface area contributed by atoms with Crippen LogP contribution in [0.5, 0.6) is 11.5 Å². The summed E-state index contributed by atoms with van der Waals surface area (Å²) in [5.74, 6) is -1.11. The number of phenols is 2. The molecule has 0 fully saturated rings. The monoisotopic (exact) mass is 887 g/mol. The van der Waals surface area contributed by atoms with Crippen LogP contribution < -0.4 is 11.5 Å². The fraction of sp³-hybridized carbons (Fsp3) is 0. The topological polar surface area (TPSA) is 330 Å². The molecule has 0 aliphatic carbocycles. The maximum atomic E-state index is 12.5. The van der Waals surface area contributed by atoms with Crippen molar-refractivity contribution < 1.29 is 49.1 Å². The average Bonchev–Trinajstić information content (AvgIpc) is 3.13. The molecular formula is C34H26N8Na3O11S3. The molecular weight excluding hydrogens is 862 g/mol. The van der Waals surface area contributed by atoms with Gasteiger partial charge in [-0.2, -0.15) is 40.6 Å². The van der Waals surface area contributed by atoms with E-state index in [0.29, 0.717) is 11.4 Å². The van der Waals surface area contributed by atoms with E-state index in [2.05, 4.69) is 30.7 Å². The molecule has 0 heterocycles. The molecule has 0 spiro atoms. The van der Waals surface area contributed by atoms with Crippen molar-refractivity contribution in [2.75, 3.05) is 11.5 Å². The zero-order valence-corrected chi connectivity index (χ0v) is 39.5. The second kappa shape index (κ2) is 19.8. The summed E-state index contributed by atoms with van der Waals surface area (Å²) in [5, 5.41) is 44.0. The molecule has 3 radical (unpaired) electrons. The van der Waals surface area contributed by atoms with E-state index < -0.39 is 73.2 Å². The van der Waals surface area contributed by atoms with Crippen LogP contribution in [-0.4, -0.2) is 138 Å². The van der Waals surface area contributed by atoms with Crippen LogP contribution in [-0.2, 0) is 30.4 Å². The maximum Gasteiger partial charge on any atom is 0.296 e. The molecule has 25 heteroatoms. The van der Waals surface area contributed by atoms with E-state index in [9.17, 15) is 49.1 Å². The Labute approximate surface area is 402 Å². The molecule has 0 saturated heterocycles. The number of fused-ring (bicyclic) bond motifs is 1. The summed E-state index contributed by atoms with van der Waals surface area (Å²) in [5.41, 5.74) is 12.6. The van der Waals surface area contributed by atoms with Crippen LogP contribution in [0.3, 0.4) is 0 Å². The minimum absolute atomic E-state index is 0. The second-order valence-electron chi connectivity index (χ2n) is 11.7. The molecule has 0 aromatic heterocycles. The summed E-state index contributed by atoms with van der Waals surface area (Å²) in [7, 11) is -14.8. The summed E-state index contributed by atoms with van der Waals surface area (Å²) < 4.78 is 101. The minimum Gasteiger partial charge on any atom is -0.506 e. The van der Waals surface area contributed by atoms with E-state index in [1.54, 1.807) is 42.5 Å². The van der Waals surface area contributed by atoms with Crippen LogP contribution in [0.25, 0.3) is 21.9 Å². The van der Waals surface area contributed by atoms with Gasteiger partial charge in [0.1, 0.15) is 32.6 Å². The second-order valence-corrected chi connectivity index (χ2v) is 15.9. The first kappa shape index (κ1) is 49.7. The summed E-state index contributed by atoms with van der Waals surface area (Å²) >= 11 is 0. The first-order valence-corrected chi connectivity index (χ1v) is 19.8. The van der Waals surface area contributed by atoms with Gasteiger partial charge in [0.15, 0.2) is 5.75 Å². The van der Waals surface area contributed by atoms with Crippen LogP contribution >= 0.6 is 0 Å². The minimum atomic E-state index is -5.18. The zero-order chi connectivity index (χ0) is 40.6. The molecule has 6 rings (SSSR count). The van der Waals surface area contributed by atoms with Gasteiger partial charge in [0.05, 0.1) is 33.0 Å². The third-order valence-corrected chi connectivity index (χ3v) is 10.5. The summed E-state index contributed by atoms with van der Waals surface area (Å²) in [4.78, 5) is -2.43. The Balaban J connectivity index is 0.00000310. The molecule has 19 nitrogen and oxygen atoms in total. The smallest absolute Gasteiger partial charge is 0.296 e. The molecule has 6 aromatic rings. The number of benzene rings is 6. The molecule has 0 unspecified atom stereocenters. The largest absolute Gasteiger partial charge is 0.506 e. The maximum absolute atomic E-state index is 12.5. The number of anilines is 2. The van der Waals surface area contributed by atoms with Gasteiger partial charge in [-0.15, -0.1) is 15.3 Å². The van der Waals surface area contributed by atoms with Gasteiger partial charge in [-0.25, -0.2) is 0 Å². The first-order valence-electron chi connectivity index (χ1n) is 15.5. The first-order chi connectivity index (χ1) is 26.3. The molecule has 59 heavy (non-hydrogen) atoms. The van der Waals surface area contributed by atoms with Gasteiger partial charge in [0.2, 0.25) is 0 Å². The van der Waals surface area contributed by atoms with Crippen LogP contribution in [0.1, 0.15) is 0 Å². The predicted molar refractivity (Wildman–Crippen MR) is 220 cm³/mol. The number of aromatic hydroxyl groups is 2. The molecule has 9 N–H and O–H groups in total. The van der Waals surface area contributed by atoms with Crippen molar-refractivity contribution in [3.8, 4) is 22.6 Å². The van der Waals surface area contributed by atoms with Crippen molar-refractivity contribution in [1.82, 2.24) is 0 Å². The standard InChI is InChI=1S/C34H26N8O11S3.3Na/c35-21-5-14-26(27(43)17-21)40-37-22-6-1-18(2-7-22)19-3-8-23(9-4-19)38-41-32-28(55(48,49)50)15-20-16-29(56(51,52)53)33(34(44)30(20)31(32)36)42-39-24-10-12-25(13-11-24)54(45,46)47;;;/h1-17,43-44H,35-36H2,(H,45,46,47)(H,48,49,50)(H,51,52,53);;;. The fourth-order valence-corrected chi connectivity index (χ4v) is 6.99. The summed E-state index contributed by atoms with van der Waals surface area (Å²) in [6.07, 6.45) is 0. The van der Waals surface area contributed by atoms with Gasteiger partial charge in [-0.3, -0.25) is 13.7 Å². The van der Waals surface area contributed by atoms with E-state index in [1.807, 2.05) is 0 Å². The summed E-state index contributed by atoms with van der Waals surface area (Å²) in [6, 6.07) is 23.5. The third-order valence-electron chi connectivity index (χ3n) is 7.88. The number of rotatable bonds is 10. The van der Waals surface area contributed by atoms with Gasteiger partial charge in [-0.05, 0) is 89.3 Å². The fourth-order valence-electron chi connectivity index (χ4n) is 5.18. The van der Waals surface area contributed by atoms with Gasteiger partial charge >= 0.3 is 0 Å². The van der Waals surface area contributed by atoms with Gasteiger partial charge in [0, 0.05) is 100 Å². The van der Waals surface area contributed by atoms with Gasteiger partial charge < -0.3 is 21.7 Å². The Bertz CT molecular complexity index is 2980. The van der Waals surface area contributed by atoms with E-state index in [1.165, 1.54) is 24.3 Å². The molecule has 0 aliphatic rings. The molecule has 0 atom stereocenters. The van der Waals surface area contributed by atoms with E-state index in [-0.39, 0.29) is 117 Å². The number of nitrogens with two attached hydrogens (primary N) is 2. The van der Waals surface area contributed by atoms with Crippen molar-refractivity contribution in [2.24, 2.45) is 30.7 Å². The molecule has 289 valence electrons. The molecule has 6 aromatic carbocycles. The number of hydrogen-bond acceptors (Lipinski definition) is 16. The quantitative estimate of drug-likeness (QED) is 0.0318. The van der Waals surface area contributed by atoms with Crippen molar-refractivity contribution >= 4 is 175 Å². The Morgan fingerprint density at radius 2 is 0.898 bits per heavy atom. The van der Waals surface area contributed by atoms with Crippen molar-refractivity contribution in [2.45, 2.75) is 14.7 Å². The van der Waals surface area contributed by atoms with E-state index in [4.69, 9.17) is 11.5 Å². The number of nitrogen functional groups attached to an aromatic ring is 2. The van der Waals surface area contributed by atoms with Gasteiger partial charge in [0.25, 0.3) is 30.4 Å². The van der Waals surface area contributed by atoms with Crippen molar-refractivity contribution in [3.05, 3.63) is 103 Å². The van der Waals surface area contributed by atoms with Crippen LogP contribution in [0, 0.1) is 0 Å². The van der Waals surface area contributed by atoms with Crippen LogP contribution in [0.2, 0.25) is 0 Å². The van der Waals surface area contributed by atoms with E-state index in [0.717, 1.165) is 47.5 Å². The van der Waals surface area contributed by atoms with Crippen molar-refractivity contribution in [3.63, 3.8) is 0 Å². The average molecular weight is 888 g/mol. The van der Waals surface area contributed by atoms with Gasteiger partial charge in [-0.1, -0.05) is 24.3 Å². The van der Waals surface area contributed by atoms with E-state index >= 15 is 0 Å². The third kappa shape index (κ3) is 11.8. The van der Waals surface area contributed by atoms with Crippen molar-refractivity contribution in [1.29, 1.82) is 0 Å². The number of azo groups is 3. The Morgan fingerprint density at radius 3 is 1.34 bits per heavy atom. The number of nitrogens with zero attached hydrogens (tertiary/aromatic N) is 6. The normalized spacial score (nSPS) is 12.1.